The van der Waals surface area contributed by atoms with Crippen LogP contribution in [-0.4, -0.2) is 81.5 Å². The molecular formula is C15H28N4O3S. The van der Waals surface area contributed by atoms with Crippen molar-refractivity contribution in [2.75, 3.05) is 53.5 Å². The van der Waals surface area contributed by atoms with E-state index in [1.807, 2.05) is 6.07 Å². The number of rotatable bonds is 7. The molecule has 0 bridgehead atoms. The van der Waals surface area contributed by atoms with Crippen LogP contribution in [0, 0.1) is 17.2 Å². The largest absolute Gasteiger partial charge is 0.383 e. The van der Waals surface area contributed by atoms with E-state index in [0.717, 1.165) is 32.4 Å². The molecule has 2 heterocycles. The van der Waals surface area contributed by atoms with Crippen molar-refractivity contribution in [3.05, 3.63) is 0 Å². The lowest BCUT2D eigenvalue weighted by atomic mass is 9.86. The first-order chi connectivity index (χ1) is 11.0. The fourth-order valence-corrected chi connectivity index (χ4v) is 5.59. The Hall–Kier alpha value is -0.720. The molecule has 0 radical (unpaired) electrons. The maximum Gasteiger partial charge on any atom is 0.282 e. The van der Waals surface area contributed by atoms with Gasteiger partial charge in [-0.2, -0.15) is 22.3 Å². The zero-order valence-corrected chi connectivity index (χ0v) is 15.0. The maximum absolute atomic E-state index is 13.1. The number of fused-ring (bicyclic) bond motifs is 1. The van der Waals surface area contributed by atoms with Gasteiger partial charge in [0.25, 0.3) is 10.2 Å². The minimum absolute atomic E-state index is 0.0945. The van der Waals surface area contributed by atoms with Crippen LogP contribution in [0.4, 0.5) is 0 Å². The van der Waals surface area contributed by atoms with Gasteiger partial charge in [-0.05, 0) is 38.8 Å². The van der Waals surface area contributed by atoms with Crippen LogP contribution in [0.3, 0.4) is 0 Å². The van der Waals surface area contributed by atoms with E-state index in [2.05, 4.69) is 11.9 Å². The van der Waals surface area contributed by atoms with E-state index in [9.17, 15) is 8.42 Å². The summed E-state index contributed by atoms with van der Waals surface area (Å²) in [5.41, 5.74) is 0. The summed E-state index contributed by atoms with van der Waals surface area (Å²) in [5.74, 6) is 0.414. The summed E-state index contributed by atoms with van der Waals surface area (Å²) in [5, 5.41) is 8.81. The molecule has 2 saturated heterocycles. The van der Waals surface area contributed by atoms with Crippen molar-refractivity contribution in [1.29, 1.82) is 5.26 Å². The zero-order chi connectivity index (χ0) is 16.9. The van der Waals surface area contributed by atoms with Crippen LogP contribution in [0.5, 0.6) is 0 Å². The van der Waals surface area contributed by atoms with Gasteiger partial charge < -0.3 is 9.64 Å². The zero-order valence-electron chi connectivity index (χ0n) is 14.1. The van der Waals surface area contributed by atoms with Crippen LogP contribution in [0.2, 0.25) is 0 Å². The number of piperidine rings is 2. The van der Waals surface area contributed by atoms with Crippen molar-refractivity contribution in [3.63, 3.8) is 0 Å². The molecular weight excluding hydrogens is 316 g/mol. The van der Waals surface area contributed by atoms with E-state index in [1.54, 1.807) is 11.4 Å². The Bertz CT molecular complexity index is 519. The van der Waals surface area contributed by atoms with Crippen molar-refractivity contribution in [2.24, 2.45) is 5.92 Å². The number of hydrogen-bond acceptors (Lipinski definition) is 5. The molecule has 2 aliphatic heterocycles. The highest BCUT2D eigenvalue weighted by molar-refractivity contribution is 7.86. The van der Waals surface area contributed by atoms with Crippen LogP contribution in [0.15, 0.2) is 0 Å². The van der Waals surface area contributed by atoms with Gasteiger partial charge in [0.05, 0.1) is 12.7 Å². The summed E-state index contributed by atoms with van der Waals surface area (Å²) in [6.45, 7) is 3.36. The Morgan fingerprint density at radius 2 is 2.09 bits per heavy atom. The van der Waals surface area contributed by atoms with Gasteiger partial charge in [0.15, 0.2) is 0 Å². The van der Waals surface area contributed by atoms with Crippen molar-refractivity contribution in [1.82, 2.24) is 13.5 Å². The van der Waals surface area contributed by atoms with Crippen LogP contribution in [-0.2, 0) is 14.9 Å². The van der Waals surface area contributed by atoms with Gasteiger partial charge >= 0.3 is 0 Å². The number of hydrogen-bond donors (Lipinski definition) is 0. The van der Waals surface area contributed by atoms with E-state index in [4.69, 9.17) is 10.00 Å². The summed E-state index contributed by atoms with van der Waals surface area (Å²) < 4.78 is 34.4. The Morgan fingerprint density at radius 3 is 2.78 bits per heavy atom. The predicted molar refractivity (Wildman–Crippen MR) is 87.9 cm³/mol. The van der Waals surface area contributed by atoms with E-state index < -0.39 is 10.2 Å². The average molecular weight is 344 g/mol. The monoisotopic (exact) mass is 344 g/mol. The summed E-state index contributed by atoms with van der Waals surface area (Å²) >= 11 is 0. The highest BCUT2D eigenvalue weighted by atomic mass is 32.2. The quantitative estimate of drug-likeness (QED) is 0.672. The van der Waals surface area contributed by atoms with Crippen LogP contribution in [0.25, 0.3) is 0 Å². The van der Waals surface area contributed by atoms with Gasteiger partial charge in [-0.1, -0.05) is 0 Å². The molecule has 0 aliphatic carbocycles. The Morgan fingerprint density at radius 1 is 1.30 bits per heavy atom. The molecule has 0 N–H and O–H groups in total. The fourth-order valence-electron chi connectivity index (χ4n) is 3.68. The van der Waals surface area contributed by atoms with Crippen molar-refractivity contribution in [2.45, 2.75) is 31.7 Å². The molecule has 23 heavy (non-hydrogen) atoms. The minimum atomic E-state index is -3.54. The van der Waals surface area contributed by atoms with E-state index in [1.165, 1.54) is 4.31 Å². The third-order valence-corrected chi connectivity index (χ3v) is 6.92. The van der Waals surface area contributed by atoms with Crippen molar-refractivity contribution >= 4 is 10.2 Å². The number of nitrogens with zero attached hydrogens (tertiary/aromatic N) is 4. The Balaban J connectivity index is 2.15. The summed E-state index contributed by atoms with van der Waals surface area (Å²) in [7, 11) is 0.118. The second-order valence-electron chi connectivity index (χ2n) is 6.44. The molecule has 2 rings (SSSR count). The Kier molecular flexibility index (Phi) is 6.80. The predicted octanol–water partition coefficient (Wildman–Crippen LogP) is 0.509. The second kappa shape index (κ2) is 8.40. The first-order valence-corrected chi connectivity index (χ1v) is 9.71. The van der Waals surface area contributed by atoms with E-state index >= 15 is 0 Å². The van der Waals surface area contributed by atoms with Gasteiger partial charge in [0, 0.05) is 45.8 Å². The van der Waals surface area contributed by atoms with Gasteiger partial charge in [0.2, 0.25) is 0 Å². The first-order valence-electron chi connectivity index (χ1n) is 8.32. The Labute approximate surface area is 140 Å². The third kappa shape index (κ3) is 4.43. The number of likely N-dealkylation sites (tertiary alicyclic amines) is 1. The van der Waals surface area contributed by atoms with Gasteiger partial charge in [-0.15, -0.1) is 0 Å². The van der Waals surface area contributed by atoms with Crippen LogP contribution in [0.1, 0.15) is 25.7 Å². The molecule has 0 spiro atoms. The van der Waals surface area contributed by atoms with Gasteiger partial charge in [0.1, 0.15) is 0 Å². The van der Waals surface area contributed by atoms with Gasteiger partial charge in [-0.3, -0.25) is 0 Å². The van der Waals surface area contributed by atoms with Crippen LogP contribution >= 0.6 is 0 Å². The molecule has 2 fully saturated rings. The molecule has 0 aromatic heterocycles. The lowest BCUT2D eigenvalue weighted by molar-refractivity contribution is 0.0765. The molecule has 2 atom stereocenters. The summed E-state index contributed by atoms with van der Waals surface area (Å²) in [6.07, 6.45) is 3.09. The fraction of sp³-hybridized carbons (Fsp3) is 0.933. The molecule has 0 saturated carbocycles. The molecule has 0 aromatic carbocycles. The standard InChI is InChI=1S/C15H28N4O3S/c1-17-10-6-15-14(13-17)5-3-9-19(15)23(20,21)18(8-4-7-16)11-12-22-2/h14-15H,3-6,8-13H2,1-2H3/t14-,15-/m0/s1. The number of ether oxygens (including phenoxy) is 1. The topological polar surface area (TPSA) is 76.9 Å². The normalized spacial score (nSPS) is 26.9. The number of methoxy groups -OCH3 is 1. The SMILES string of the molecule is COCCN(CCC#N)S(=O)(=O)N1CCC[C@H]2CN(C)CC[C@@H]21. The third-order valence-electron chi connectivity index (χ3n) is 4.86. The highest BCUT2D eigenvalue weighted by Gasteiger charge is 2.42. The first kappa shape index (κ1) is 18.6. The van der Waals surface area contributed by atoms with Gasteiger partial charge in [-0.25, -0.2) is 0 Å². The maximum atomic E-state index is 13.1. The van der Waals surface area contributed by atoms with Crippen molar-refractivity contribution < 1.29 is 13.2 Å². The molecule has 0 unspecified atom stereocenters. The highest BCUT2D eigenvalue weighted by Crippen LogP contribution is 2.32. The summed E-state index contributed by atoms with van der Waals surface area (Å²) in [6, 6.07) is 2.13. The van der Waals surface area contributed by atoms with Crippen molar-refractivity contribution in [3.8, 4) is 6.07 Å². The lowest BCUT2D eigenvalue weighted by Crippen LogP contribution is -2.58. The molecule has 8 heteroatoms. The minimum Gasteiger partial charge on any atom is -0.383 e. The van der Waals surface area contributed by atoms with E-state index in [0.29, 0.717) is 25.6 Å². The summed E-state index contributed by atoms with van der Waals surface area (Å²) in [4.78, 5) is 2.29. The van der Waals surface area contributed by atoms with E-state index in [-0.39, 0.29) is 19.0 Å². The molecule has 0 amide bonds. The average Bonchev–Trinajstić information content (AvgIpc) is 2.53. The lowest BCUT2D eigenvalue weighted by Gasteiger charge is -2.46. The number of nitriles is 1. The molecule has 7 nitrogen and oxygen atoms in total. The smallest absolute Gasteiger partial charge is 0.282 e. The molecule has 2 aliphatic rings. The van der Waals surface area contributed by atoms with Crippen LogP contribution < -0.4 is 0 Å². The molecule has 132 valence electrons. The second-order valence-corrected chi connectivity index (χ2v) is 8.32. The molecule has 0 aromatic rings.